The Bertz CT molecular complexity index is 1820. The maximum Gasteiger partial charge on any atom is 0.217 e. The predicted octanol–water partition coefficient (Wildman–Crippen LogP) is -13.4. The highest BCUT2D eigenvalue weighted by Crippen LogP contribution is 2.38. The van der Waals surface area contributed by atoms with E-state index in [1.165, 1.54) is 0 Å². The van der Waals surface area contributed by atoms with Gasteiger partial charge in [0.05, 0.1) is 46.2 Å². The van der Waals surface area contributed by atoms with Crippen LogP contribution < -0.4 is 16.4 Å². The summed E-state index contributed by atoms with van der Waals surface area (Å²) in [5.41, 5.74) is 5.56. The zero-order chi connectivity index (χ0) is 56.7. The average Bonchev–Trinajstić information content (AvgIpc) is 3.41. The molecule has 30 atom stereocenters. The van der Waals surface area contributed by atoms with Crippen molar-refractivity contribution in [3.63, 3.8) is 0 Å². The van der Waals surface area contributed by atoms with E-state index in [1.54, 1.807) is 0 Å². The molecule has 448 valence electrons. The number of amides is 2. The van der Waals surface area contributed by atoms with Crippen LogP contribution in [0, 0.1) is 0 Å². The maximum absolute atomic E-state index is 13.0. The quantitative estimate of drug-likeness (QED) is 0.0448. The Labute approximate surface area is 438 Å². The maximum atomic E-state index is 13.0. The van der Waals surface area contributed by atoms with Crippen molar-refractivity contribution in [2.75, 3.05) is 52.8 Å². The molecule has 0 saturated carbocycles. The van der Waals surface area contributed by atoms with Crippen LogP contribution in [0.2, 0.25) is 0 Å². The zero-order valence-electron chi connectivity index (χ0n) is 41.6. The number of carbonyl (C=O) groups excluding carboxylic acids is 2. The number of hydrogen-bond donors (Lipinski definition) is 20. The van der Waals surface area contributed by atoms with Gasteiger partial charge in [0.1, 0.15) is 146 Å². The Morgan fingerprint density at radius 3 is 1.18 bits per heavy atom. The van der Waals surface area contributed by atoms with Gasteiger partial charge < -0.3 is 160 Å². The molecule has 0 spiro atoms. The van der Waals surface area contributed by atoms with Gasteiger partial charge in [0.15, 0.2) is 37.7 Å². The van der Waals surface area contributed by atoms with Gasteiger partial charge in [-0.05, 0) is 13.0 Å². The summed E-state index contributed by atoms with van der Waals surface area (Å²) in [5.74, 6) is -1.70. The Morgan fingerprint density at radius 2 is 0.714 bits per heavy atom. The van der Waals surface area contributed by atoms with Gasteiger partial charge in [-0.25, -0.2) is 0 Å². The van der Waals surface area contributed by atoms with Gasteiger partial charge in [0.25, 0.3) is 0 Å². The van der Waals surface area contributed by atoms with Gasteiger partial charge in [-0.1, -0.05) is 0 Å². The van der Waals surface area contributed by atoms with Crippen LogP contribution in [0.3, 0.4) is 0 Å². The molecule has 2 amide bonds. The van der Waals surface area contributed by atoms with E-state index in [9.17, 15) is 96.4 Å². The molecule has 12 unspecified atom stereocenters. The minimum Gasteiger partial charge on any atom is -0.394 e. The van der Waals surface area contributed by atoms with Crippen LogP contribution in [0.25, 0.3) is 0 Å². The first-order chi connectivity index (χ1) is 36.6. The van der Waals surface area contributed by atoms with Crippen molar-refractivity contribution >= 4 is 11.8 Å². The molecule has 0 aromatic rings. The Balaban J connectivity index is 1.31. The van der Waals surface area contributed by atoms with Crippen molar-refractivity contribution in [3.05, 3.63) is 0 Å². The lowest BCUT2D eigenvalue weighted by atomic mass is 9.93. The molecule has 77 heavy (non-hydrogen) atoms. The van der Waals surface area contributed by atoms with Crippen LogP contribution in [0.5, 0.6) is 0 Å². The van der Waals surface area contributed by atoms with Crippen LogP contribution in [-0.2, 0) is 66.4 Å². The number of nitrogens with one attached hydrogen (secondary N) is 2. The average molecular weight is 1130 g/mol. The smallest absolute Gasteiger partial charge is 0.217 e. The summed E-state index contributed by atoms with van der Waals surface area (Å²) in [7, 11) is 0. The first-order valence-electron chi connectivity index (χ1n) is 24.8. The number of hydrogen-bond acceptors (Lipinski definition) is 32. The number of nitrogens with two attached hydrogens (primary N) is 1. The largest absolute Gasteiger partial charge is 0.394 e. The molecular formula is C43H75N3O31. The van der Waals surface area contributed by atoms with Gasteiger partial charge >= 0.3 is 0 Å². The normalized spacial score (nSPS) is 47.8. The SMILES string of the molecule is CC(=O)NC1[C@H](O[C@@H]2C(CO)O[C@H](O[C@H]3C(CO)O[C@@H](O[C@@H]4C(O)[C@@H](OCCCN)OC(CO)[C@H]4O)C(NC(C)=O)[C@H]3O[C@@H]3OC(CO)[C@@H](O)[C@H](O)C3O)C(O)[C@H]2O)OC(CO)[C@H](O)[C@@H]1O[C@@H]1OC(CO)[C@@H](O)[C@H](O)C1O. The molecule has 6 saturated heterocycles. The van der Waals surface area contributed by atoms with E-state index in [4.69, 9.17) is 62.6 Å². The summed E-state index contributed by atoms with van der Waals surface area (Å²) in [6, 6.07) is -3.52. The molecule has 0 bridgehead atoms. The monoisotopic (exact) mass is 1130 g/mol. The molecular weight excluding hydrogens is 1050 g/mol. The third kappa shape index (κ3) is 14.3. The van der Waals surface area contributed by atoms with Gasteiger partial charge in [-0.15, -0.1) is 0 Å². The van der Waals surface area contributed by atoms with Crippen LogP contribution in [-0.4, -0.2) is 336 Å². The lowest BCUT2D eigenvalue weighted by Gasteiger charge is -2.52. The highest BCUT2D eigenvalue weighted by atomic mass is 16.8. The molecule has 0 aromatic heterocycles. The number of rotatable bonds is 22. The van der Waals surface area contributed by atoms with Gasteiger partial charge in [0.2, 0.25) is 11.8 Å². The second kappa shape index (κ2) is 28.6. The van der Waals surface area contributed by atoms with Gasteiger partial charge in [-0.2, -0.15) is 0 Å². The van der Waals surface area contributed by atoms with Crippen LogP contribution in [0.4, 0.5) is 0 Å². The fourth-order valence-corrected chi connectivity index (χ4v) is 9.72. The summed E-state index contributed by atoms with van der Waals surface area (Å²) < 4.78 is 70.3. The van der Waals surface area contributed by atoms with Crippen molar-refractivity contribution in [2.24, 2.45) is 5.73 Å². The Kier molecular flexibility index (Phi) is 23.8. The topological polar surface area (TPSA) is 539 Å². The number of aliphatic hydroxyl groups excluding tert-OH is 17. The fourth-order valence-electron chi connectivity index (χ4n) is 9.72. The highest BCUT2D eigenvalue weighted by molar-refractivity contribution is 5.73. The predicted molar refractivity (Wildman–Crippen MR) is 240 cm³/mol. The molecule has 34 heteroatoms. The summed E-state index contributed by atoms with van der Waals surface area (Å²) in [5, 5.41) is 188. The molecule has 6 heterocycles. The molecule has 0 radical (unpaired) electrons. The molecule has 6 aliphatic rings. The standard InChI is InChI=1S/C43H75N3O31/c1-12(53)45-20-35(75-41-29(62)26(59)22(55)14(6-47)69-41)24(57)16(8-49)67-38(20)73-33-18(10-51)72-43(31(64)28(33)61)74-34-19(11-52)71-39(77-37-25(58)17(9-50)68-40(32(37)65)66-5-3-4-44)21(46-13(2)54)36(34)76-42-30(63)27(60)23(56)15(7-48)70-42/h14-43,47-52,55-65H,3-11,44H2,1-2H3,(H,45,53)(H,46,54)/t14?,15?,16?,17?,18?,19?,20?,21?,22-,23-,24+,25-,26+,27+,28-,29?,30?,31?,32?,33-,34+,35-,36-,37+,38+,39+,40+,41+,42+,43-/m1/s1. The first-order valence-corrected chi connectivity index (χ1v) is 24.8. The lowest BCUT2D eigenvalue weighted by molar-refractivity contribution is -0.393. The van der Waals surface area contributed by atoms with Crippen molar-refractivity contribution < 1.29 is 153 Å². The van der Waals surface area contributed by atoms with E-state index in [-0.39, 0.29) is 19.6 Å². The number of aliphatic hydroxyl groups is 17. The van der Waals surface area contributed by atoms with E-state index < -0.39 is 236 Å². The van der Waals surface area contributed by atoms with Crippen molar-refractivity contribution in [3.8, 4) is 0 Å². The number of ether oxygens (including phenoxy) is 12. The third-order valence-corrected chi connectivity index (χ3v) is 13.8. The second-order valence-corrected chi connectivity index (χ2v) is 19.2. The lowest BCUT2D eigenvalue weighted by Crippen LogP contribution is -2.71. The number of carbonyl (C=O) groups is 2. The van der Waals surface area contributed by atoms with E-state index in [2.05, 4.69) is 10.6 Å². The van der Waals surface area contributed by atoms with Gasteiger partial charge in [0, 0.05) is 13.8 Å². The minimum atomic E-state index is -2.30. The third-order valence-electron chi connectivity index (χ3n) is 13.8. The summed E-state index contributed by atoms with van der Waals surface area (Å²) in [6.45, 7) is -3.71. The zero-order valence-corrected chi connectivity index (χ0v) is 41.6. The molecule has 34 nitrogen and oxygen atoms in total. The Hall–Kier alpha value is -2.26. The van der Waals surface area contributed by atoms with E-state index >= 15 is 0 Å². The van der Waals surface area contributed by atoms with E-state index in [0.717, 1.165) is 13.8 Å². The molecule has 6 aliphatic heterocycles. The first kappa shape index (κ1) is 63.9. The summed E-state index contributed by atoms with van der Waals surface area (Å²) >= 11 is 0. The molecule has 0 aromatic carbocycles. The summed E-state index contributed by atoms with van der Waals surface area (Å²) in [4.78, 5) is 25.7. The summed E-state index contributed by atoms with van der Waals surface area (Å²) in [6.07, 6.45) is -52.7. The van der Waals surface area contributed by atoms with Crippen molar-refractivity contribution in [1.29, 1.82) is 0 Å². The van der Waals surface area contributed by atoms with Gasteiger partial charge in [-0.3, -0.25) is 9.59 Å². The van der Waals surface area contributed by atoms with E-state index in [0.29, 0.717) is 0 Å². The second-order valence-electron chi connectivity index (χ2n) is 19.2. The van der Waals surface area contributed by atoms with E-state index in [1.807, 2.05) is 0 Å². The van der Waals surface area contributed by atoms with Crippen molar-refractivity contribution in [2.45, 2.75) is 204 Å². The van der Waals surface area contributed by atoms with Crippen LogP contribution in [0.1, 0.15) is 20.3 Å². The van der Waals surface area contributed by atoms with Crippen molar-refractivity contribution in [1.82, 2.24) is 10.6 Å². The Morgan fingerprint density at radius 1 is 0.377 bits per heavy atom. The molecule has 21 N–H and O–H groups in total. The minimum absolute atomic E-state index is 0.0632. The molecule has 6 fully saturated rings. The fraction of sp³-hybridized carbons (Fsp3) is 0.953. The molecule has 0 aliphatic carbocycles. The highest BCUT2D eigenvalue weighted by Gasteiger charge is 2.59. The van der Waals surface area contributed by atoms with Crippen LogP contribution >= 0.6 is 0 Å². The molecule has 6 rings (SSSR count). The van der Waals surface area contributed by atoms with Crippen LogP contribution in [0.15, 0.2) is 0 Å².